The molecule has 0 aromatic heterocycles. The van der Waals surface area contributed by atoms with Gasteiger partial charge in [0, 0.05) is 51.7 Å². The zero-order valence-corrected chi connectivity index (χ0v) is 39.0. The fraction of sp³-hybridized carbons (Fsp3) is 0.780. The van der Waals surface area contributed by atoms with E-state index in [4.69, 9.17) is 47.4 Å². The molecule has 2 aliphatic carbocycles. The van der Waals surface area contributed by atoms with Crippen LogP contribution in [0.15, 0.2) is 59.3 Å². The van der Waals surface area contributed by atoms with E-state index in [2.05, 4.69) is 32.9 Å². The van der Waals surface area contributed by atoms with Gasteiger partial charge >= 0.3 is 5.97 Å². The highest BCUT2D eigenvalue weighted by Gasteiger charge is 2.60. The Bertz CT molecular complexity index is 1790. The van der Waals surface area contributed by atoms with Crippen molar-refractivity contribution in [3.63, 3.8) is 0 Å². The van der Waals surface area contributed by atoms with Gasteiger partial charge in [-0.05, 0) is 75.7 Å². The minimum absolute atomic E-state index is 0.0242. The van der Waals surface area contributed by atoms with Crippen LogP contribution in [0.3, 0.4) is 0 Å². The second-order valence-corrected chi connectivity index (χ2v) is 20.0. The average Bonchev–Trinajstić information content (AvgIpc) is 3.62. The van der Waals surface area contributed by atoms with Crippen LogP contribution in [-0.4, -0.2) is 139 Å². The molecule has 5 fully saturated rings. The molecule has 8 aliphatic rings. The lowest BCUT2D eigenvalue weighted by atomic mass is 9.71. The molecule has 8 rings (SSSR count). The van der Waals surface area contributed by atoms with Crippen molar-refractivity contribution in [2.45, 2.75) is 203 Å². The Labute approximate surface area is 379 Å². The predicted molar refractivity (Wildman–Crippen MR) is 234 cm³/mol. The number of ether oxygens (including phenoxy) is 10. The first kappa shape index (κ1) is 48.2. The highest BCUT2D eigenvalue weighted by atomic mass is 16.7. The monoisotopic (exact) mass is 899 g/mol. The summed E-state index contributed by atoms with van der Waals surface area (Å²) < 4.78 is 64.1. The molecule has 14 heteroatoms. The van der Waals surface area contributed by atoms with Gasteiger partial charge in [0.05, 0.1) is 49.3 Å². The second-order valence-electron chi connectivity index (χ2n) is 20.0. The number of carbonyl (C=O) groups excluding carboxylic acids is 1. The average molecular weight is 899 g/mol. The molecule has 0 amide bonds. The standard InChI is InChI=1S/C50H74O14/c1-27-13-12-16-34-26-57-47-42(51)30(4)21-37(50(34,47)54)48(53)60-36-22-35(63-49(25-36)20-19-29(3)45(64-49)33-14-10-9-11-15-33)18-17-28(2)44(27)61-41-24-39(56-8)46(32(6)59-41)62-40-23-38(55-7)43(52)31(5)58-40/h12-13,16-17,19-21,27,29,31-33,35-47,51-52,54H,9-11,14-15,18,22-26H2,1-8H3/t27-,29-,31-,32-,35-,36-,37-,38+,39-,40-,41+,42-,43+,44-,45+,46+,47-,49+,50-/m0/s1. The molecule has 4 saturated heterocycles. The molecule has 19 atom stereocenters. The van der Waals surface area contributed by atoms with Crippen LogP contribution in [0.1, 0.15) is 106 Å². The van der Waals surface area contributed by atoms with E-state index in [0.717, 1.165) is 18.4 Å². The molecule has 1 spiro atoms. The number of fused-ring (bicyclic) bond motifs is 2. The van der Waals surface area contributed by atoms with Crippen molar-refractivity contribution < 1.29 is 67.5 Å². The fourth-order valence-corrected chi connectivity index (χ4v) is 11.7. The van der Waals surface area contributed by atoms with Crippen molar-refractivity contribution in [3.8, 4) is 0 Å². The molecule has 0 radical (unpaired) electrons. The molecular weight excluding hydrogens is 825 g/mol. The SMILES string of the molecule is CO[C@H]1C[C@@H](O[C@@H]2C(C)=CC[C@H]3C[C@@H](C[C@]4(C=C[C@H](C)[C@H](C5CCCCC5)O4)O3)OC(=O)[C@@H]3C=C(C)[C@H](O)[C@@H]4OCC(=CC=C[C@@H]2C)[C@]34O)O[C@@H](C)[C@H]1O[C@H]1C[C@@H](OC)[C@H](O)[C@H](C)O1. The molecule has 14 nitrogen and oxygen atoms in total. The third kappa shape index (κ3) is 9.82. The van der Waals surface area contributed by atoms with Crippen LogP contribution in [0.4, 0.5) is 0 Å². The lowest BCUT2D eigenvalue weighted by Crippen LogP contribution is -2.58. The molecule has 0 aromatic carbocycles. The first-order valence-corrected chi connectivity index (χ1v) is 24.0. The van der Waals surface area contributed by atoms with Crippen molar-refractivity contribution >= 4 is 5.97 Å². The Kier molecular flexibility index (Phi) is 15.1. The largest absolute Gasteiger partial charge is 0.462 e. The third-order valence-electron chi connectivity index (χ3n) is 15.4. The van der Waals surface area contributed by atoms with Crippen LogP contribution < -0.4 is 0 Å². The zero-order valence-electron chi connectivity index (χ0n) is 39.0. The van der Waals surface area contributed by atoms with Crippen LogP contribution in [0, 0.1) is 23.7 Å². The second kappa shape index (κ2) is 20.1. The number of rotatable bonds is 7. The number of aliphatic hydroxyl groups is 3. The molecule has 358 valence electrons. The summed E-state index contributed by atoms with van der Waals surface area (Å²) in [6.07, 6.45) is 13.8. The van der Waals surface area contributed by atoms with Crippen LogP contribution in [0.2, 0.25) is 0 Å². The van der Waals surface area contributed by atoms with E-state index >= 15 is 0 Å². The van der Waals surface area contributed by atoms with E-state index in [1.807, 2.05) is 25.2 Å². The van der Waals surface area contributed by atoms with Gasteiger partial charge in [-0.3, -0.25) is 4.79 Å². The number of allylic oxidation sites excluding steroid dienone is 2. The topological polar surface area (TPSA) is 170 Å². The van der Waals surface area contributed by atoms with Gasteiger partial charge in [-0.25, -0.2) is 0 Å². The van der Waals surface area contributed by atoms with Crippen LogP contribution in [-0.2, 0) is 52.2 Å². The van der Waals surface area contributed by atoms with Crippen molar-refractivity contribution in [3.05, 3.63) is 59.3 Å². The van der Waals surface area contributed by atoms with Gasteiger partial charge in [0.2, 0.25) is 0 Å². The van der Waals surface area contributed by atoms with Crippen LogP contribution >= 0.6 is 0 Å². The van der Waals surface area contributed by atoms with Crippen LogP contribution in [0.5, 0.6) is 0 Å². The Morgan fingerprint density at radius 2 is 1.53 bits per heavy atom. The van der Waals surface area contributed by atoms with E-state index in [-0.39, 0.29) is 36.8 Å². The Balaban J connectivity index is 1.08. The normalized spacial score (nSPS) is 47.1. The molecule has 64 heavy (non-hydrogen) atoms. The maximum atomic E-state index is 14.4. The molecule has 3 N–H and O–H groups in total. The highest BCUT2D eigenvalue weighted by molar-refractivity contribution is 5.78. The number of carbonyl (C=O) groups is 1. The predicted octanol–water partition coefficient (Wildman–Crippen LogP) is 5.91. The number of aliphatic hydroxyl groups excluding tert-OH is 2. The lowest BCUT2D eigenvalue weighted by Gasteiger charge is -2.49. The summed E-state index contributed by atoms with van der Waals surface area (Å²) in [4.78, 5) is 14.4. The zero-order chi connectivity index (χ0) is 45.5. The van der Waals surface area contributed by atoms with E-state index < -0.39 is 90.8 Å². The van der Waals surface area contributed by atoms with Gasteiger partial charge in [-0.15, -0.1) is 0 Å². The molecule has 0 aromatic rings. The number of hydrogen-bond acceptors (Lipinski definition) is 14. The summed E-state index contributed by atoms with van der Waals surface area (Å²) in [7, 11) is 3.23. The van der Waals surface area contributed by atoms with Gasteiger partial charge in [0.15, 0.2) is 18.4 Å². The summed E-state index contributed by atoms with van der Waals surface area (Å²) in [5.41, 5.74) is 0.166. The number of esters is 1. The molecule has 0 unspecified atom stereocenters. The Morgan fingerprint density at radius 1 is 0.812 bits per heavy atom. The Morgan fingerprint density at radius 3 is 2.28 bits per heavy atom. The van der Waals surface area contributed by atoms with Gasteiger partial charge in [0.1, 0.15) is 42.0 Å². The number of hydrogen-bond donors (Lipinski definition) is 3. The molecular formula is C50H74O14. The maximum absolute atomic E-state index is 14.4. The lowest BCUT2D eigenvalue weighted by molar-refractivity contribution is -0.318. The Hall–Kier alpha value is -2.31. The summed E-state index contributed by atoms with van der Waals surface area (Å²) in [6.45, 7) is 11.9. The smallest absolute Gasteiger partial charge is 0.316 e. The summed E-state index contributed by atoms with van der Waals surface area (Å²) in [5.74, 6) is -2.32. The maximum Gasteiger partial charge on any atom is 0.316 e. The van der Waals surface area contributed by atoms with Gasteiger partial charge < -0.3 is 62.7 Å². The van der Waals surface area contributed by atoms with Gasteiger partial charge in [0.25, 0.3) is 0 Å². The number of methoxy groups -OCH3 is 2. The first-order chi connectivity index (χ1) is 30.6. The van der Waals surface area contributed by atoms with E-state index in [0.29, 0.717) is 49.2 Å². The fourth-order valence-electron chi connectivity index (χ4n) is 11.7. The van der Waals surface area contributed by atoms with Gasteiger partial charge in [-0.2, -0.15) is 0 Å². The minimum atomic E-state index is -1.83. The van der Waals surface area contributed by atoms with E-state index in [1.165, 1.54) is 19.3 Å². The third-order valence-corrected chi connectivity index (χ3v) is 15.4. The van der Waals surface area contributed by atoms with Gasteiger partial charge in [-0.1, -0.05) is 69.6 Å². The summed E-state index contributed by atoms with van der Waals surface area (Å²) in [5, 5.41) is 34.3. The minimum Gasteiger partial charge on any atom is -0.462 e. The van der Waals surface area contributed by atoms with Crippen molar-refractivity contribution in [1.82, 2.24) is 0 Å². The van der Waals surface area contributed by atoms with Crippen molar-refractivity contribution in [2.24, 2.45) is 23.7 Å². The highest BCUT2D eigenvalue weighted by Crippen LogP contribution is 2.48. The first-order valence-electron chi connectivity index (χ1n) is 24.0. The molecule has 2 bridgehead atoms. The molecule has 1 saturated carbocycles. The van der Waals surface area contributed by atoms with E-state index in [9.17, 15) is 20.1 Å². The molecule has 6 heterocycles. The summed E-state index contributed by atoms with van der Waals surface area (Å²) >= 11 is 0. The quantitative estimate of drug-likeness (QED) is 0.204. The van der Waals surface area contributed by atoms with Crippen molar-refractivity contribution in [1.29, 1.82) is 0 Å². The van der Waals surface area contributed by atoms with Crippen molar-refractivity contribution in [2.75, 3.05) is 20.8 Å². The van der Waals surface area contributed by atoms with E-state index in [1.54, 1.807) is 40.2 Å². The molecule has 6 aliphatic heterocycles. The summed E-state index contributed by atoms with van der Waals surface area (Å²) in [6, 6.07) is 0. The van der Waals surface area contributed by atoms with Crippen LogP contribution in [0.25, 0.3) is 0 Å².